The molecule has 0 radical (unpaired) electrons. The van der Waals surface area contributed by atoms with E-state index >= 15 is 0 Å². The summed E-state index contributed by atoms with van der Waals surface area (Å²) >= 11 is 0. The molecule has 0 atom stereocenters. The van der Waals surface area contributed by atoms with Gasteiger partial charge < -0.3 is 18.9 Å². The van der Waals surface area contributed by atoms with Gasteiger partial charge in [-0.3, -0.25) is 0 Å². The summed E-state index contributed by atoms with van der Waals surface area (Å²) in [6.45, 7) is 7.45. The van der Waals surface area contributed by atoms with Crippen LogP contribution in [0.2, 0.25) is 0 Å². The summed E-state index contributed by atoms with van der Waals surface area (Å²) in [4.78, 5) is 34.1. The molecule has 0 bridgehead atoms. The monoisotopic (exact) mass is 436 g/mol. The molecule has 0 aliphatic heterocycles. The number of benzene rings is 2. The maximum Gasteiger partial charge on any atom is 0.336 e. The van der Waals surface area contributed by atoms with Gasteiger partial charge in [0.1, 0.15) is 17.2 Å². The van der Waals surface area contributed by atoms with E-state index < -0.39 is 17.9 Å². The second-order valence-electron chi connectivity index (χ2n) is 6.35. The second kappa shape index (κ2) is 13.2. The van der Waals surface area contributed by atoms with Crippen LogP contribution in [-0.2, 0) is 19.1 Å². The van der Waals surface area contributed by atoms with Gasteiger partial charge in [0.2, 0.25) is 0 Å². The van der Waals surface area contributed by atoms with Crippen LogP contribution in [0.15, 0.2) is 79.9 Å². The molecule has 0 N–H and O–H groups in total. The van der Waals surface area contributed by atoms with Crippen molar-refractivity contribution in [2.75, 3.05) is 13.2 Å². The van der Waals surface area contributed by atoms with Crippen molar-refractivity contribution >= 4 is 24.0 Å². The minimum atomic E-state index is -0.542. The molecule has 2 rings (SSSR count). The molecule has 0 heterocycles. The van der Waals surface area contributed by atoms with E-state index in [0.717, 1.165) is 24.1 Å². The van der Waals surface area contributed by atoms with Gasteiger partial charge in [-0.1, -0.05) is 25.3 Å². The molecule has 0 amide bonds. The highest BCUT2D eigenvalue weighted by molar-refractivity contribution is 5.88. The fraction of sp³-hybridized carbons (Fsp3) is 0.160. The molecule has 0 aliphatic carbocycles. The number of rotatable bonds is 12. The molecule has 2 aromatic carbocycles. The largest absolute Gasteiger partial charge is 0.494 e. The van der Waals surface area contributed by atoms with Gasteiger partial charge >= 0.3 is 17.9 Å². The van der Waals surface area contributed by atoms with E-state index in [2.05, 4.69) is 13.2 Å². The molecule has 2 aromatic rings. The van der Waals surface area contributed by atoms with Crippen molar-refractivity contribution < 1.29 is 33.3 Å². The number of unbranched alkanes of at least 4 members (excludes halogenated alkanes) is 1. The lowest BCUT2D eigenvalue weighted by atomic mass is 10.2. The van der Waals surface area contributed by atoms with E-state index in [0.29, 0.717) is 36.9 Å². The van der Waals surface area contributed by atoms with Crippen LogP contribution in [0, 0.1) is 0 Å². The van der Waals surface area contributed by atoms with Gasteiger partial charge in [-0.15, -0.1) is 0 Å². The van der Waals surface area contributed by atoms with Crippen molar-refractivity contribution in [1.29, 1.82) is 0 Å². The zero-order valence-corrected chi connectivity index (χ0v) is 17.5. The highest BCUT2D eigenvalue weighted by Crippen LogP contribution is 2.18. The minimum absolute atomic E-state index is 0.323. The second-order valence-corrected chi connectivity index (χ2v) is 6.35. The molecule has 0 fully saturated rings. The lowest BCUT2D eigenvalue weighted by Crippen LogP contribution is -2.05. The van der Waals surface area contributed by atoms with Gasteiger partial charge in [-0.05, 0) is 60.9 Å². The Morgan fingerprint density at radius 3 is 1.84 bits per heavy atom. The Kier molecular flexibility index (Phi) is 9.98. The Morgan fingerprint density at radius 2 is 1.22 bits per heavy atom. The molecule has 0 unspecified atom stereocenters. The van der Waals surface area contributed by atoms with Crippen LogP contribution in [-0.4, -0.2) is 31.1 Å². The van der Waals surface area contributed by atoms with Crippen molar-refractivity contribution in [3.63, 3.8) is 0 Å². The van der Waals surface area contributed by atoms with Crippen LogP contribution < -0.4 is 14.2 Å². The molecule has 32 heavy (non-hydrogen) atoms. The van der Waals surface area contributed by atoms with E-state index in [1.165, 1.54) is 6.08 Å². The first-order chi connectivity index (χ1) is 15.5. The average Bonchev–Trinajstić information content (AvgIpc) is 2.81. The van der Waals surface area contributed by atoms with Crippen LogP contribution in [0.4, 0.5) is 0 Å². The van der Waals surface area contributed by atoms with Crippen LogP contribution in [0.25, 0.3) is 6.08 Å². The van der Waals surface area contributed by atoms with Crippen molar-refractivity contribution in [1.82, 2.24) is 0 Å². The molecule has 166 valence electrons. The van der Waals surface area contributed by atoms with Gasteiger partial charge in [0.05, 0.1) is 13.2 Å². The third-order valence-electron chi connectivity index (χ3n) is 3.94. The predicted molar refractivity (Wildman–Crippen MR) is 119 cm³/mol. The van der Waals surface area contributed by atoms with Crippen molar-refractivity contribution in [3.05, 3.63) is 85.5 Å². The van der Waals surface area contributed by atoms with Gasteiger partial charge in [0.25, 0.3) is 0 Å². The Hall–Kier alpha value is -4.13. The number of hydrogen-bond donors (Lipinski definition) is 0. The topological polar surface area (TPSA) is 88.1 Å². The Labute approximate surface area is 186 Å². The maximum atomic E-state index is 12.0. The van der Waals surface area contributed by atoms with Gasteiger partial charge in [0.15, 0.2) is 0 Å². The summed E-state index contributed by atoms with van der Waals surface area (Å²) in [5.74, 6) is -0.103. The molecule has 0 aliphatic rings. The van der Waals surface area contributed by atoms with E-state index in [1.54, 1.807) is 54.6 Å². The highest BCUT2D eigenvalue weighted by Gasteiger charge is 2.03. The summed E-state index contributed by atoms with van der Waals surface area (Å²) in [6.07, 6.45) is 6.51. The van der Waals surface area contributed by atoms with Gasteiger partial charge in [0, 0.05) is 18.2 Å². The minimum Gasteiger partial charge on any atom is -0.494 e. The quantitative estimate of drug-likeness (QED) is 0.212. The number of hydrogen-bond acceptors (Lipinski definition) is 7. The fourth-order valence-corrected chi connectivity index (χ4v) is 2.35. The summed E-state index contributed by atoms with van der Waals surface area (Å²) in [7, 11) is 0. The lowest BCUT2D eigenvalue weighted by molar-refractivity contribution is -0.138. The van der Waals surface area contributed by atoms with Crippen LogP contribution in [0.5, 0.6) is 17.2 Å². The Morgan fingerprint density at radius 1 is 0.688 bits per heavy atom. The van der Waals surface area contributed by atoms with Crippen LogP contribution in [0.3, 0.4) is 0 Å². The van der Waals surface area contributed by atoms with Gasteiger partial charge in [-0.25, -0.2) is 14.4 Å². The zero-order valence-electron chi connectivity index (χ0n) is 17.5. The van der Waals surface area contributed by atoms with Crippen molar-refractivity contribution in [2.45, 2.75) is 12.8 Å². The smallest absolute Gasteiger partial charge is 0.336 e. The Bertz CT molecular complexity index is 957. The number of carbonyl (C=O) groups excluding carboxylic acids is 3. The van der Waals surface area contributed by atoms with E-state index in [1.807, 2.05) is 0 Å². The summed E-state index contributed by atoms with van der Waals surface area (Å²) in [6, 6.07) is 13.3. The van der Waals surface area contributed by atoms with Crippen molar-refractivity contribution in [2.24, 2.45) is 0 Å². The maximum absolute atomic E-state index is 12.0. The zero-order chi connectivity index (χ0) is 23.2. The van der Waals surface area contributed by atoms with Gasteiger partial charge in [-0.2, -0.15) is 0 Å². The third kappa shape index (κ3) is 9.13. The molecular weight excluding hydrogens is 412 g/mol. The molecule has 0 saturated heterocycles. The van der Waals surface area contributed by atoms with E-state index in [-0.39, 0.29) is 0 Å². The standard InChI is InChI=1S/C25H24O7/c1-3-23(26)30-18-6-5-17-29-20-12-14-22(15-13-20)32-25(28)16-9-19-7-10-21(11-8-19)31-24(27)4-2/h3-4,7-16H,1-2,5-6,17-18H2. The molecule has 0 aromatic heterocycles. The summed E-state index contributed by atoms with van der Waals surface area (Å²) < 4.78 is 20.7. The normalized spacial score (nSPS) is 10.2. The first-order valence-corrected chi connectivity index (χ1v) is 9.86. The van der Waals surface area contributed by atoms with Crippen LogP contribution >= 0.6 is 0 Å². The highest BCUT2D eigenvalue weighted by atomic mass is 16.5. The Balaban J connectivity index is 1.73. The first kappa shape index (κ1) is 24.1. The summed E-state index contributed by atoms with van der Waals surface area (Å²) in [5.41, 5.74) is 0.739. The van der Waals surface area contributed by atoms with Crippen LogP contribution in [0.1, 0.15) is 18.4 Å². The number of carbonyl (C=O) groups is 3. The molecule has 7 nitrogen and oxygen atoms in total. The van der Waals surface area contributed by atoms with E-state index in [9.17, 15) is 14.4 Å². The lowest BCUT2D eigenvalue weighted by Gasteiger charge is -2.07. The number of ether oxygens (including phenoxy) is 4. The average molecular weight is 436 g/mol. The van der Waals surface area contributed by atoms with Crippen molar-refractivity contribution in [3.8, 4) is 17.2 Å². The summed E-state index contributed by atoms with van der Waals surface area (Å²) in [5, 5.41) is 0. The van der Waals surface area contributed by atoms with E-state index in [4.69, 9.17) is 18.9 Å². The number of esters is 3. The fourth-order valence-electron chi connectivity index (χ4n) is 2.35. The molecule has 0 spiro atoms. The third-order valence-corrected chi connectivity index (χ3v) is 3.94. The molecule has 7 heteroatoms. The first-order valence-electron chi connectivity index (χ1n) is 9.86. The molecular formula is C25H24O7. The SMILES string of the molecule is C=CC(=O)OCCCCOc1ccc(OC(=O)C=Cc2ccc(OC(=O)C=C)cc2)cc1. The predicted octanol–water partition coefficient (Wildman–Crippen LogP) is 4.29. The molecule has 0 saturated carbocycles.